The molecule has 1 N–H and O–H groups in total. The van der Waals surface area contributed by atoms with Crippen molar-refractivity contribution < 1.29 is 5.21 Å². The smallest absolute Gasteiger partial charge is 0.161 e. The second-order valence-electron chi connectivity index (χ2n) is 5.24. The van der Waals surface area contributed by atoms with E-state index in [2.05, 4.69) is 9.98 Å². The first-order chi connectivity index (χ1) is 8.88. The molecule has 0 aromatic heterocycles. The topological polar surface area (TPSA) is 48.2 Å². The van der Waals surface area contributed by atoms with Gasteiger partial charge < -0.3 is 0 Å². The minimum Gasteiger partial charge on any atom is -0.288 e. The normalized spacial score (nSPS) is 16.9. The van der Waals surface area contributed by atoms with Crippen molar-refractivity contribution in [1.82, 2.24) is 5.06 Å². The molecule has 0 saturated heterocycles. The lowest BCUT2D eigenvalue weighted by molar-refractivity contribution is -0.110. The van der Waals surface area contributed by atoms with Gasteiger partial charge in [0, 0.05) is 5.56 Å². The standard InChI is InChI=1S/C14H16ClN3O/c1-14(2,3)18(19)9-10-8-16-13(17-10)11-6-4-5-7-12(11)15/h4-9,19H,1-3H3. The Balaban J connectivity index is 2.26. The first-order valence-electron chi connectivity index (χ1n) is 5.95. The summed E-state index contributed by atoms with van der Waals surface area (Å²) in [4.78, 5) is 8.56. The number of amidine groups is 1. The van der Waals surface area contributed by atoms with E-state index in [0.29, 0.717) is 16.6 Å². The van der Waals surface area contributed by atoms with E-state index in [1.54, 1.807) is 18.5 Å². The zero-order chi connectivity index (χ0) is 14.0. The van der Waals surface area contributed by atoms with Crippen LogP contribution in [0.25, 0.3) is 0 Å². The summed E-state index contributed by atoms with van der Waals surface area (Å²) < 4.78 is 0. The van der Waals surface area contributed by atoms with Gasteiger partial charge in [-0.1, -0.05) is 23.7 Å². The van der Waals surface area contributed by atoms with Gasteiger partial charge in [-0.25, -0.2) is 9.98 Å². The summed E-state index contributed by atoms with van der Waals surface area (Å²) in [6.07, 6.45) is 3.15. The Labute approximate surface area is 117 Å². The number of halogens is 1. The van der Waals surface area contributed by atoms with Crippen molar-refractivity contribution in [3.63, 3.8) is 0 Å². The Bertz CT molecular complexity index is 570. The van der Waals surface area contributed by atoms with Crippen LogP contribution >= 0.6 is 11.6 Å². The summed E-state index contributed by atoms with van der Waals surface area (Å²) in [5, 5.41) is 11.6. The first-order valence-corrected chi connectivity index (χ1v) is 6.33. The van der Waals surface area contributed by atoms with Gasteiger partial charge in [0.2, 0.25) is 0 Å². The minimum absolute atomic E-state index is 0.385. The molecule has 2 rings (SSSR count). The summed E-state index contributed by atoms with van der Waals surface area (Å²) in [6, 6.07) is 7.40. The van der Waals surface area contributed by atoms with E-state index in [9.17, 15) is 5.21 Å². The minimum atomic E-state index is -0.385. The molecule has 0 saturated carbocycles. The second-order valence-corrected chi connectivity index (χ2v) is 5.65. The van der Waals surface area contributed by atoms with Crippen LogP contribution in [0.5, 0.6) is 0 Å². The predicted octanol–water partition coefficient (Wildman–Crippen LogP) is 3.50. The van der Waals surface area contributed by atoms with Crippen LogP contribution in [-0.2, 0) is 0 Å². The van der Waals surface area contributed by atoms with Crippen LogP contribution in [0.15, 0.2) is 46.1 Å². The van der Waals surface area contributed by atoms with Crippen molar-refractivity contribution in [2.45, 2.75) is 26.3 Å². The second kappa shape index (κ2) is 5.15. The van der Waals surface area contributed by atoms with Crippen molar-refractivity contribution in [2.75, 3.05) is 0 Å². The van der Waals surface area contributed by atoms with E-state index in [0.717, 1.165) is 10.6 Å². The largest absolute Gasteiger partial charge is 0.288 e. The molecule has 100 valence electrons. The fourth-order valence-corrected chi connectivity index (χ4v) is 1.68. The van der Waals surface area contributed by atoms with Crippen LogP contribution in [0.4, 0.5) is 0 Å². The summed E-state index contributed by atoms with van der Waals surface area (Å²) in [7, 11) is 0. The maximum atomic E-state index is 9.86. The van der Waals surface area contributed by atoms with Gasteiger partial charge >= 0.3 is 0 Å². The van der Waals surface area contributed by atoms with Crippen molar-refractivity contribution in [3.05, 3.63) is 46.7 Å². The van der Waals surface area contributed by atoms with Gasteiger partial charge in [0.1, 0.15) is 5.70 Å². The lowest BCUT2D eigenvalue weighted by Crippen LogP contribution is -2.34. The highest BCUT2D eigenvalue weighted by atomic mass is 35.5. The molecule has 0 radical (unpaired) electrons. The van der Waals surface area contributed by atoms with E-state index < -0.39 is 0 Å². The monoisotopic (exact) mass is 277 g/mol. The predicted molar refractivity (Wildman–Crippen MR) is 77.9 cm³/mol. The van der Waals surface area contributed by atoms with E-state index in [1.807, 2.05) is 39.0 Å². The van der Waals surface area contributed by atoms with Crippen LogP contribution < -0.4 is 0 Å². The molecule has 0 unspecified atom stereocenters. The van der Waals surface area contributed by atoms with Gasteiger partial charge in [0.05, 0.1) is 23.0 Å². The van der Waals surface area contributed by atoms with Crippen molar-refractivity contribution in [1.29, 1.82) is 0 Å². The quantitative estimate of drug-likeness (QED) is 0.841. The molecular weight excluding hydrogens is 262 g/mol. The van der Waals surface area contributed by atoms with Gasteiger partial charge in [0.25, 0.3) is 0 Å². The third-order valence-electron chi connectivity index (χ3n) is 2.61. The van der Waals surface area contributed by atoms with Gasteiger partial charge in [-0.2, -0.15) is 0 Å². The molecule has 1 aliphatic heterocycles. The average Bonchev–Trinajstić information content (AvgIpc) is 2.76. The number of hydrogen-bond acceptors (Lipinski definition) is 4. The van der Waals surface area contributed by atoms with Gasteiger partial charge in [-0.05, 0) is 32.9 Å². The third kappa shape index (κ3) is 3.22. The molecule has 5 heteroatoms. The van der Waals surface area contributed by atoms with Crippen LogP contribution in [0, 0.1) is 0 Å². The van der Waals surface area contributed by atoms with E-state index in [-0.39, 0.29) is 5.54 Å². The highest BCUT2D eigenvalue weighted by molar-refractivity contribution is 6.34. The van der Waals surface area contributed by atoms with Gasteiger partial charge in [0.15, 0.2) is 5.84 Å². The Hall–Kier alpha value is -1.65. The molecular formula is C14H16ClN3O. The highest BCUT2D eigenvalue weighted by Gasteiger charge is 2.18. The number of hydroxylamine groups is 2. The fourth-order valence-electron chi connectivity index (χ4n) is 1.46. The number of benzene rings is 1. The molecule has 0 amide bonds. The summed E-state index contributed by atoms with van der Waals surface area (Å²) in [5.41, 5.74) is 0.986. The average molecular weight is 278 g/mol. The van der Waals surface area contributed by atoms with Crippen LogP contribution in [0.2, 0.25) is 5.02 Å². The Morgan fingerprint density at radius 2 is 1.95 bits per heavy atom. The molecule has 0 spiro atoms. The zero-order valence-corrected chi connectivity index (χ0v) is 11.9. The van der Waals surface area contributed by atoms with E-state index in [4.69, 9.17) is 11.6 Å². The Morgan fingerprint density at radius 3 is 2.58 bits per heavy atom. The molecule has 4 nitrogen and oxygen atoms in total. The van der Waals surface area contributed by atoms with Crippen molar-refractivity contribution in [3.8, 4) is 0 Å². The Kier molecular flexibility index (Phi) is 3.73. The molecule has 0 aliphatic carbocycles. The van der Waals surface area contributed by atoms with Gasteiger partial charge in [-0.15, -0.1) is 0 Å². The molecule has 1 heterocycles. The molecule has 0 bridgehead atoms. The van der Waals surface area contributed by atoms with Crippen molar-refractivity contribution in [2.24, 2.45) is 9.98 Å². The third-order valence-corrected chi connectivity index (χ3v) is 2.94. The number of hydrogen-bond donors (Lipinski definition) is 1. The molecule has 19 heavy (non-hydrogen) atoms. The fraction of sp³-hybridized carbons (Fsp3) is 0.286. The SMILES string of the molecule is CC(C)(C)N(O)C=C1C=NC(c2ccccc2Cl)=N1. The Morgan fingerprint density at radius 1 is 1.26 bits per heavy atom. The molecule has 1 aliphatic rings. The number of allylic oxidation sites excluding steroid dienone is 1. The first kappa shape index (κ1) is 13.8. The molecule has 0 atom stereocenters. The summed E-state index contributed by atoms with van der Waals surface area (Å²) in [6.45, 7) is 5.69. The summed E-state index contributed by atoms with van der Waals surface area (Å²) in [5.74, 6) is 0.555. The number of rotatable bonds is 2. The van der Waals surface area contributed by atoms with Crippen LogP contribution in [-0.4, -0.2) is 27.9 Å². The van der Waals surface area contributed by atoms with E-state index in [1.165, 1.54) is 0 Å². The van der Waals surface area contributed by atoms with E-state index >= 15 is 0 Å². The highest BCUT2D eigenvalue weighted by Crippen LogP contribution is 2.20. The number of aliphatic imine (C=N–C) groups is 2. The lowest BCUT2D eigenvalue weighted by Gasteiger charge is -2.27. The summed E-state index contributed by atoms with van der Waals surface area (Å²) >= 11 is 6.10. The maximum Gasteiger partial charge on any atom is 0.161 e. The molecule has 0 fully saturated rings. The van der Waals surface area contributed by atoms with Crippen molar-refractivity contribution >= 4 is 23.7 Å². The molecule has 1 aromatic rings. The van der Waals surface area contributed by atoms with Crippen LogP contribution in [0.1, 0.15) is 26.3 Å². The lowest BCUT2D eigenvalue weighted by atomic mass is 10.1. The number of nitrogens with zero attached hydrogens (tertiary/aromatic N) is 3. The zero-order valence-electron chi connectivity index (χ0n) is 11.1. The van der Waals surface area contributed by atoms with Gasteiger partial charge in [-0.3, -0.25) is 10.3 Å². The van der Waals surface area contributed by atoms with Crippen LogP contribution in [0.3, 0.4) is 0 Å². The maximum absolute atomic E-state index is 9.86. The molecule has 1 aromatic carbocycles.